The molecule has 1 saturated heterocycles. The molecule has 1 aromatic carbocycles. The minimum Gasteiger partial charge on any atom is -0.497 e. The Morgan fingerprint density at radius 3 is 2.54 bits per heavy atom. The van der Waals surface area contributed by atoms with Crippen LogP contribution in [0, 0.1) is 0 Å². The SMILES string of the molecule is CCC(NC1CCN(Cc2ccco2)CC1)c1ccc(OC)cc1. The normalized spacial score (nSPS) is 17.8. The molecule has 130 valence electrons. The number of nitrogens with one attached hydrogen (secondary N) is 1. The van der Waals surface area contributed by atoms with Gasteiger partial charge in [-0.15, -0.1) is 0 Å². The number of hydrogen-bond acceptors (Lipinski definition) is 4. The molecule has 0 spiro atoms. The molecule has 2 aromatic rings. The Bertz CT molecular complexity index is 587. The molecule has 1 atom stereocenters. The minimum absolute atomic E-state index is 0.414. The average Bonchev–Trinajstić information content (AvgIpc) is 3.14. The van der Waals surface area contributed by atoms with Gasteiger partial charge >= 0.3 is 0 Å². The van der Waals surface area contributed by atoms with E-state index in [1.807, 2.05) is 18.2 Å². The lowest BCUT2D eigenvalue weighted by molar-refractivity contribution is 0.172. The van der Waals surface area contributed by atoms with Gasteiger partial charge in [0.05, 0.1) is 19.9 Å². The van der Waals surface area contributed by atoms with Gasteiger partial charge < -0.3 is 14.5 Å². The summed E-state index contributed by atoms with van der Waals surface area (Å²) in [6, 6.07) is 13.5. The fourth-order valence-electron chi connectivity index (χ4n) is 3.45. The van der Waals surface area contributed by atoms with Crippen LogP contribution in [0.1, 0.15) is 43.6 Å². The molecule has 1 N–H and O–H groups in total. The number of furan rings is 1. The van der Waals surface area contributed by atoms with Crippen LogP contribution in [0.2, 0.25) is 0 Å². The zero-order chi connectivity index (χ0) is 16.8. The predicted molar refractivity (Wildman–Crippen MR) is 96.2 cm³/mol. The lowest BCUT2D eigenvalue weighted by Gasteiger charge is -2.34. The van der Waals surface area contributed by atoms with Crippen molar-refractivity contribution in [2.75, 3.05) is 20.2 Å². The van der Waals surface area contributed by atoms with E-state index in [1.54, 1.807) is 13.4 Å². The van der Waals surface area contributed by atoms with E-state index in [0.717, 1.165) is 37.6 Å². The Labute approximate surface area is 144 Å². The molecule has 1 fully saturated rings. The molecule has 1 aromatic heterocycles. The summed E-state index contributed by atoms with van der Waals surface area (Å²) in [7, 11) is 1.71. The molecular weight excluding hydrogens is 300 g/mol. The standard InChI is InChI=1S/C20H28N2O2/c1-3-20(16-6-8-18(23-2)9-7-16)21-17-10-12-22(13-11-17)15-19-5-4-14-24-19/h4-9,14,17,20-21H,3,10-13,15H2,1-2H3. The summed E-state index contributed by atoms with van der Waals surface area (Å²) in [4.78, 5) is 2.48. The highest BCUT2D eigenvalue weighted by Crippen LogP contribution is 2.23. The summed E-state index contributed by atoms with van der Waals surface area (Å²) in [5.41, 5.74) is 1.34. The van der Waals surface area contributed by atoms with Crippen LogP contribution >= 0.6 is 0 Å². The fourth-order valence-corrected chi connectivity index (χ4v) is 3.45. The highest BCUT2D eigenvalue weighted by molar-refractivity contribution is 5.29. The van der Waals surface area contributed by atoms with Crippen LogP contribution in [0.4, 0.5) is 0 Å². The quantitative estimate of drug-likeness (QED) is 0.834. The summed E-state index contributed by atoms with van der Waals surface area (Å²) in [6.07, 6.45) is 5.23. The van der Waals surface area contributed by atoms with E-state index in [4.69, 9.17) is 9.15 Å². The first-order chi connectivity index (χ1) is 11.8. The van der Waals surface area contributed by atoms with E-state index < -0.39 is 0 Å². The van der Waals surface area contributed by atoms with Gasteiger partial charge in [-0.1, -0.05) is 19.1 Å². The first kappa shape index (κ1) is 17.1. The molecule has 0 aliphatic carbocycles. The van der Waals surface area contributed by atoms with Crippen molar-refractivity contribution in [3.8, 4) is 5.75 Å². The second-order valence-corrected chi connectivity index (χ2v) is 6.53. The van der Waals surface area contributed by atoms with E-state index in [9.17, 15) is 0 Å². The Hall–Kier alpha value is -1.78. The van der Waals surface area contributed by atoms with Gasteiger partial charge in [-0.25, -0.2) is 0 Å². The topological polar surface area (TPSA) is 37.6 Å². The van der Waals surface area contributed by atoms with Gasteiger partial charge in [0.15, 0.2) is 0 Å². The Morgan fingerprint density at radius 1 is 1.21 bits per heavy atom. The highest BCUT2D eigenvalue weighted by atomic mass is 16.5. The molecule has 1 aliphatic heterocycles. The first-order valence-electron chi connectivity index (χ1n) is 8.93. The maximum atomic E-state index is 5.45. The molecule has 0 saturated carbocycles. The van der Waals surface area contributed by atoms with Crippen molar-refractivity contribution in [2.24, 2.45) is 0 Å². The Balaban J connectivity index is 1.50. The second kappa shape index (κ2) is 8.36. The van der Waals surface area contributed by atoms with Crippen LogP contribution in [-0.4, -0.2) is 31.1 Å². The van der Waals surface area contributed by atoms with Gasteiger partial charge in [-0.2, -0.15) is 0 Å². The van der Waals surface area contributed by atoms with Crippen LogP contribution < -0.4 is 10.1 Å². The van der Waals surface area contributed by atoms with Crippen LogP contribution in [0.15, 0.2) is 47.1 Å². The molecule has 1 aliphatic rings. The lowest BCUT2D eigenvalue weighted by Crippen LogP contribution is -2.43. The third-order valence-corrected chi connectivity index (χ3v) is 4.91. The third kappa shape index (κ3) is 4.40. The number of nitrogens with zero attached hydrogens (tertiary/aromatic N) is 1. The van der Waals surface area contributed by atoms with Crippen molar-refractivity contribution in [3.63, 3.8) is 0 Å². The zero-order valence-electron chi connectivity index (χ0n) is 14.7. The number of piperidine rings is 1. The van der Waals surface area contributed by atoms with E-state index in [2.05, 4.69) is 35.3 Å². The molecule has 0 amide bonds. The maximum absolute atomic E-state index is 5.45. The Morgan fingerprint density at radius 2 is 1.96 bits per heavy atom. The first-order valence-corrected chi connectivity index (χ1v) is 8.93. The minimum atomic E-state index is 0.414. The number of hydrogen-bond donors (Lipinski definition) is 1. The summed E-state index contributed by atoms with van der Waals surface area (Å²) >= 11 is 0. The molecular formula is C20H28N2O2. The van der Waals surface area contributed by atoms with Crippen LogP contribution in [0.5, 0.6) is 5.75 Å². The molecule has 24 heavy (non-hydrogen) atoms. The van der Waals surface area contributed by atoms with Gasteiger partial charge in [0.25, 0.3) is 0 Å². The largest absolute Gasteiger partial charge is 0.497 e. The predicted octanol–water partition coefficient (Wildman–Crippen LogP) is 3.99. The fraction of sp³-hybridized carbons (Fsp3) is 0.500. The van der Waals surface area contributed by atoms with Gasteiger partial charge in [0.1, 0.15) is 11.5 Å². The number of likely N-dealkylation sites (tertiary alicyclic amines) is 1. The summed E-state index contributed by atoms with van der Waals surface area (Å²) in [5.74, 6) is 1.98. The van der Waals surface area contributed by atoms with Crippen molar-refractivity contribution in [3.05, 3.63) is 54.0 Å². The van der Waals surface area contributed by atoms with E-state index in [1.165, 1.54) is 18.4 Å². The van der Waals surface area contributed by atoms with Gasteiger partial charge in [-0.3, -0.25) is 4.90 Å². The van der Waals surface area contributed by atoms with Crippen LogP contribution in [0.25, 0.3) is 0 Å². The molecule has 4 heteroatoms. The van der Waals surface area contributed by atoms with Crippen LogP contribution in [-0.2, 0) is 6.54 Å². The van der Waals surface area contributed by atoms with E-state index in [-0.39, 0.29) is 0 Å². The molecule has 1 unspecified atom stereocenters. The molecule has 0 bridgehead atoms. The Kier molecular flexibility index (Phi) is 5.94. The van der Waals surface area contributed by atoms with Crippen molar-refractivity contribution in [2.45, 2.75) is 44.8 Å². The third-order valence-electron chi connectivity index (χ3n) is 4.91. The lowest BCUT2D eigenvalue weighted by atomic mass is 9.99. The van der Waals surface area contributed by atoms with E-state index >= 15 is 0 Å². The van der Waals surface area contributed by atoms with E-state index in [0.29, 0.717) is 12.1 Å². The highest BCUT2D eigenvalue weighted by Gasteiger charge is 2.22. The van der Waals surface area contributed by atoms with Crippen molar-refractivity contribution in [1.29, 1.82) is 0 Å². The summed E-state index contributed by atoms with van der Waals surface area (Å²) in [6.45, 7) is 5.41. The molecule has 3 rings (SSSR count). The van der Waals surface area contributed by atoms with Crippen LogP contribution in [0.3, 0.4) is 0 Å². The average molecular weight is 328 g/mol. The monoisotopic (exact) mass is 328 g/mol. The molecule has 2 heterocycles. The number of rotatable bonds is 7. The number of ether oxygens (including phenoxy) is 1. The summed E-state index contributed by atoms with van der Waals surface area (Å²) < 4.78 is 10.7. The molecule has 0 radical (unpaired) electrons. The second-order valence-electron chi connectivity index (χ2n) is 6.53. The summed E-state index contributed by atoms with van der Waals surface area (Å²) in [5, 5.41) is 3.85. The van der Waals surface area contributed by atoms with Gasteiger partial charge in [-0.05, 0) is 49.1 Å². The van der Waals surface area contributed by atoms with Crippen molar-refractivity contribution in [1.82, 2.24) is 10.2 Å². The zero-order valence-corrected chi connectivity index (χ0v) is 14.7. The van der Waals surface area contributed by atoms with Crippen molar-refractivity contribution < 1.29 is 9.15 Å². The van der Waals surface area contributed by atoms with Gasteiger partial charge in [0.2, 0.25) is 0 Å². The van der Waals surface area contributed by atoms with Crippen molar-refractivity contribution >= 4 is 0 Å². The van der Waals surface area contributed by atoms with Gasteiger partial charge in [0, 0.05) is 25.2 Å². The number of methoxy groups -OCH3 is 1. The molecule has 4 nitrogen and oxygen atoms in total. The smallest absolute Gasteiger partial charge is 0.118 e. The maximum Gasteiger partial charge on any atom is 0.118 e. The number of benzene rings is 1.